The fraction of sp³-hybridized carbons (Fsp3) is 0.533. The van der Waals surface area contributed by atoms with Crippen molar-refractivity contribution in [3.8, 4) is 11.5 Å². The zero-order valence-corrected chi connectivity index (χ0v) is 13.5. The molecule has 2 N–H and O–H groups in total. The Kier molecular flexibility index (Phi) is 6.78. The van der Waals surface area contributed by atoms with Gasteiger partial charge in [0, 0.05) is 6.54 Å². The smallest absolute Gasteiger partial charge is 0.320 e. The molecule has 0 aliphatic carbocycles. The van der Waals surface area contributed by atoms with Gasteiger partial charge in [0.2, 0.25) is 0 Å². The first-order chi connectivity index (χ1) is 9.90. The molecular weight excluding hydrogens is 294 g/mol. The second kappa shape index (κ2) is 8.10. The van der Waals surface area contributed by atoms with Crippen molar-refractivity contribution < 1.29 is 19.4 Å². The van der Waals surface area contributed by atoms with E-state index in [9.17, 15) is 9.90 Å². The van der Waals surface area contributed by atoms with E-state index in [0.717, 1.165) is 5.56 Å². The fourth-order valence-corrected chi connectivity index (χ4v) is 2.34. The van der Waals surface area contributed by atoms with Gasteiger partial charge in [0.1, 0.15) is 6.04 Å². The number of aliphatic carboxylic acids is 1. The van der Waals surface area contributed by atoms with E-state index in [1.807, 2.05) is 13.8 Å². The van der Waals surface area contributed by atoms with E-state index >= 15 is 0 Å². The lowest BCUT2D eigenvalue weighted by Crippen LogP contribution is -2.37. The summed E-state index contributed by atoms with van der Waals surface area (Å²) < 4.78 is 10.4. The number of ether oxygens (including phenoxy) is 2. The van der Waals surface area contributed by atoms with E-state index in [4.69, 9.17) is 21.1 Å². The lowest BCUT2D eigenvalue weighted by atomic mass is 10.0. The van der Waals surface area contributed by atoms with Crippen LogP contribution in [0, 0.1) is 5.92 Å². The molecule has 5 nitrogen and oxygen atoms in total. The Labute approximate surface area is 130 Å². The highest BCUT2D eigenvalue weighted by Crippen LogP contribution is 2.37. The molecular formula is C15H22ClNO4. The molecule has 0 saturated heterocycles. The summed E-state index contributed by atoms with van der Waals surface area (Å²) in [6.07, 6.45) is 0.556. The summed E-state index contributed by atoms with van der Waals surface area (Å²) in [6, 6.07) is 2.94. The predicted molar refractivity (Wildman–Crippen MR) is 82.3 cm³/mol. The van der Waals surface area contributed by atoms with Crippen molar-refractivity contribution in [2.45, 2.75) is 32.9 Å². The molecule has 1 rings (SSSR count). The van der Waals surface area contributed by atoms with Crippen molar-refractivity contribution in [1.82, 2.24) is 5.32 Å². The third-order valence-corrected chi connectivity index (χ3v) is 3.52. The highest BCUT2D eigenvalue weighted by Gasteiger charge is 2.19. The topological polar surface area (TPSA) is 67.8 Å². The number of hydrogen-bond donors (Lipinski definition) is 2. The first-order valence-electron chi connectivity index (χ1n) is 6.76. The number of carbonyl (C=O) groups is 1. The third kappa shape index (κ3) is 4.79. The van der Waals surface area contributed by atoms with Crippen molar-refractivity contribution in [3.05, 3.63) is 22.7 Å². The molecule has 0 aliphatic heterocycles. The van der Waals surface area contributed by atoms with Gasteiger partial charge in [-0.05, 0) is 24.0 Å². The largest absolute Gasteiger partial charge is 0.493 e. The van der Waals surface area contributed by atoms with E-state index < -0.39 is 12.0 Å². The molecule has 21 heavy (non-hydrogen) atoms. The van der Waals surface area contributed by atoms with Gasteiger partial charge in [-0.3, -0.25) is 4.79 Å². The van der Waals surface area contributed by atoms with Crippen molar-refractivity contribution in [2.75, 3.05) is 14.2 Å². The second-order valence-electron chi connectivity index (χ2n) is 5.18. The Balaban J connectivity index is 2.85. The van der Waals surface area contributed by atoms with Gasteiger partial charge in [-0.25, -0.2) is 0 Å². The fourth-order valence-electron chi connectivity index (χ4n) is 2.04. The second-order valence-corrected chi connectivity index (χ2v) is 5.55. The zero-order chi connectivity index (χ0) is 16.0. The average molecular weight is 316 g/mol. The van der Waals surface area contributed by atoms with Crippen LogP contribution in [0.25, 0.3) is 0 Å². The lowest BCUT2D eigenvalue weighted by Gasteiger charge is -2.18. The van der Waals surface area contributed by atoms with E-state index in [2.05, 4.69) is 5.32 Å². The van der Waals surface area contributed by atoms with Crippen LogP contribution in [0.4, 0.5) is 0 Å². The highest BCUT2D eigenvalue weighted by molar-refractivity contribution is 6.33. The maximum atomic E-state index is 11.2. The van der Waals surface area contributed by atoms with Crippen LogP contribution in [-0.4, -0.2) is 31.3 Å². The number of rotatable bonds is 8. The lowest BCUT2D eigenvalue weighted by molar-refractivity contribution is -0.140. The zero-order valence-electron chi connectivity index (χ0n) is 12.8. The SMILES string of the molecule is COc1ccc(CN[C@H](CC(C)C)C(=O)O)c(Cl)c1OC. The number of benzene rings is 1. The molecule has 1 aromatic rings. The summed E-state index contributed by atoms with van der Waals surface area (Å²) in [5.74, 6) is 0.428. The van der Waals surface area contributed by atoms with Gasteiger partial charge in [0.25, 0.3) is 0 Å². The molecule has 1 aromatic carbocycles. The van der Waals surface area contributed by atoms with Crippen LogP contribution in [0.3, 0.4) is 0 Å². The first-order valence-corrected chi connectivity index (χ1v) is 7.14. The van der Waals surface area contributed by atoms with Crippen LogP contribution < -0.4 is 14.8 Å². The van der Waals surface area contributed by atoms with E-state index in [0.29, 0.717) is 35.4 Å². The van der Waals surface area contributed by atoms with Crippen LogP contribution in [0.2, 0.25) is 5.02 Å². The predicted octanol–water partition coefficient (Wildman–Crippen LogP) is 2.95. The number of halogens is 1. The van der Waals surface area contributed by atoms with Gasteiger partial charge in [-0.1, -0.05) is 31.5 Å². The Morgan fingerprint density at radius 3 is 2.48 bits per heavy atom. The molecule has 118 valence electrons. The van der Waals surface area contributed by atoms with Crippen LogP contribution >= 0.6 is 11.6 Å². The monoisotopic (exact) mass is 315 g/mol. The molecule has 0 spiro atoms. The van der Waals surface area contributed by atoms with Gasteiger partial charge in [0.15, 0.2) is 11.5 Å². The van der Waals surface area contributed by atoms with E-state index in [1.54, 1.807) is 12.1 Å². The summed E-state index contributed by atoms with van der Waals surface area (Å²) in [6.45, 7) is 4.32. The Bertz CT molecular complexity index is 491. The van der Waals surface area contributed by atoms with Crippen LogP contribution in [-0.2, 0) is 11.3 Å². The number of carboxylic acid groups (broad SMARTS) is 1. The quantitative estimate of drug-likeness (QED) is 0.772. The molecule has 0 fully saturated rings. The minimum Gasteiger partial charge on any atom is -0.493 e. The van der Waals surface area contributed by atoms with E-state index in [1.165, 1.54) is 14.2 Å². The first kappa shape index (κ1) is 17.6. The normalized spacial score (nSPS) is 12.3. The average Bonchev–Trinajstić information content (AvgIpc) is 2.43. The molecule has 6 heteroatoms. The molecule has 0 unspecified atom stereocenters. The maximum Gasteiger partial charge on any atom is 0.320 e. The summed E-state index contributed by atoms with van der Waals surface area (Å²) in [5, 5.41) is 12.7. The molecule has 0 heterocycles. The van der Waals surface area contributed by atoms with Crippen LogP contribution in [0.1, 0.15) is 25.8 Å². The van der Waals surface area contributed by atoms with Crippen molar-refractivity contribution in [2.24, 2.45) is 5.92 Å². The van der Waals surface area contributed by atoms with Gasteiger partial charge < -0.3 is 19.9 Å². The van der Waals surface area contributed by atoms with Gasteiger partial charge in [-0.2, -0.15) is 0 Å². The Hall–Kier alpha value is -1.46. The van der Waals surface area contributed by atoms with Gasteiger partial charge in [-0.15, -0.1) is 0 Å². The van der Waals surface area contributed by atoms with Gasteiger partial charge in [0.05, 0.1) is 19.2 Å². The van der Waals surface area contributed by atoms with E-state index in [-0.39, 0.29) is 0 Å². The van der Waals surface area contributed by atoms with Crippen molar-refractivity contribution in [1.29, 1.82) is 0 Å². The van der Waals surface area contributed by atoms with Crippen LogP contribution in [0.15, 0.2) is 12.1 Å². The molecule has 1 atom stereocenters. The standard InChI is InChI=1S/C15H22ClNO4/c1-9(2)7-11(15(18)19)17-8-10-5-6-12(20-3)14(21-4)13(10)16/h5-6,9,11,17H,7-8H2,1-4H3,(H,18,19)/t11-/m1/s1. The summed E-state index contributed by atoms with van der Waals surface area (Å²) in [4.78, 5) is 11.2. The van der Waals surface area contributed by atoms with Gasteiger partial charge >= 0.3 is 5.97 Å². The molecule has 0 saturated carbocycles. The number of methoxy groups -OCH3 is 2. The van der Waals surface area contributed by atoms with Crippen molar-refractivity contribution in [3.63, 3.8) is 0 Å². The number of carboxylic acids is 1. The molecule has 0 aromatic heterocycles. The Morgan fingerprint density at radius 2 is 2.00 bits per heavy atom. The summed E-state index contributed by atoms with van der Waals surface area (Å²) >= 11 is 6.27. The highest BCUT2D eigenvalue weighted by atomic mass is 35.5. The number of nitrogens with one attached hydrogen (secondary N) is 1. The van der Waals surface area contributed by atoms with Crippen LogP contribution in [0.5, 0.6) is 11.5 Å². The maximum absolute atomic E-state index is 11.2. The third-order valence-electron chi connectivity index (χ3n) is 3.11. The minimum atomic E-state index is -0.861. The minimum absolute atomic E-state index is 0.291. The van der Waals surface area contributed by atoms with Crippen molar-refractivity contribution >= 4 is 17.6 Å². The molecule has 0 aliphatic rings. The Morgan fingerprint density at radius 1 is 1.33 bits per heavy atom. The molecule has 0 bridgehead atoms. The number of hydrogen-bond acceptors (Lipinski definition) is 4. The molecule has 0 radical (unpaired) electrons. The molecule has 0 amide bonds. The summed E-state index contributed by atoms with van der Waals surface area (Å²) in [5.41, 5.74) is 0.768. The summed E-state index contributed by atoms with van der Waals surface area (Å²) in [7, 11) is 3.05.